The van der Waals surface area contributed by atoms with Gasteiger partial charge in [0.2, 0.25) is 0 Å². The minimum Gasteiger partial charge on any atom is -0.178 e. The van der Waals surface area contributed by atoms with Crippen LogP contribution in [0.25, 0.3) is 0 Å². The van der Waals surface area contributed by atoms with Crippen molar-refractivity contribution in [3.05, 3.63) is 11.6 Å². The third-order valence-corrected chi connectivity index (χ3v) is 3.15. The molecule has 1 rings (SSSR count). The molecule has 1 aliphatic rings. The second kappa shape index (κ2) is 2.37. The van der Waals surface area contributed by atoms with Gasteiger partial charge in [0.25, 0.3) is 0 Å². The standard InChI is InChI=1S/C8H14S/c1-7-4-3-5-8(7,2)6-9/h4,9H,3,5-6H2,1-2H3. The van der Waals surface area contributed by atoms with Crippen LogP contribution in [0.1, 0.15) is 26.7 Å². The van der Waals surface area contributed by atoms with Crippen LogP contribution in [-0.2, 0) is 0 Å². The number of rotatable bonds is 1. The summed E-state index contributed by atoms with van der Waals surface area (Å²) in [7, 11) is 0. The van der Waals surface area contributed by atoms with E-state index in [1.165, 1.54) is 18.4 Å². The molecule has 0 radical (unpaired) electrons. The van der Waals surface area contributed by atoms with E-state index < -0.39 is 0 Å². The third kappa shape index (κ3) is 1.16. The molecule has 1 atom stereocenters. The van der Waals surface area contributed by atoms with Gasteiger partial charge in [0, 0.05) is 0 Å². The summed E-state index contributed by atoms with van der Waals surface area (Å²) < 4.78 is 0. The van der Waals surface area contributed by atoms with Crippen molar-refractivity contribution in [3.63, 3.8) is 0 Å². The molecule has 0 spiro atoms. The number of allylic oxidation sites excluding steroid dienone is 2. The van der Waals surface area contributed by atoms with Crippen LogP contribution in [0.2, 0.25) is 0 Å². The zero-order valence-corrected chi connectivity index (χ0v) is 7.04. The highest BCUT2D eigenvalue weighted by molar-refractivity contribution is 7.80. The summed E-state index contributed by atoms with van der Waals surface area (Å²) in [6.45, 7) is 4.50. The first kappa shape index (κ1) is 7.20. The molecule has 1 heteroatoms. The van der Waals surface area contributed by atoms with E-state index in [1.807, 2.05) is 0 Å². The van der Waals surface area contributed by atoms with Gasteiger partial charge < -0.3 is 0 Å². The van der Waals surface area contributed by atoms with Crippen molar-refractivity contribution in [1.29, 1.82) is 0 Å². The van der Waals surface area contributed by atoms with E-state index in [-0.39, 0.29) is 0 Å². The summed E-state index contributed by atoms with van der Waals surface area (Å²) in [5, 5.41) is 0. The first-order chi connectivity index (χ1) is 4.19. The number of thiol groups is 1. The van der Waals surface area contributed by atoms with Gasteiger partial charge in [0.05, 0.1) is 0 Å². The van der Waals surface area contributed by atoms with Crippen molar-refractivity contribution in [2.24, 2.45) is 5.41 Å². The fraction of sp³-hybridized carbons (Fsp3) is 0.750. The average molecular weight is 142 g/mol. The minimum atomic E-state index is 0.420. The van der Waals surface area contributed by atoms with Gasteiger partial charge in [-0.3, -0.25) is 0 Å². The van der Waals surface area contributed by atoms with Crippen LogP contribution in [0.4, 0.5) is 0 Å². The van der Waals surface area contributed by atoms with E-state index >= 15 is 0 Å². The predicted molar refractivity (Wildman–Crippen MR) is 45.0 cm³/mol. The van der Waals surface area contributed by atoms with Gasteiger partial charge >= 0.3 is 0 Å². The molecule has 0 saturated carbocycles. The molecule has 0 amide bonds. The quantitative estimate of drug-likeness (QED) is 0.422. The third-order valence-electron chi connectivity index (χ3n) is 2.45. The highest BCUT2D eigenvalue weighted by atomic mass is 32.1. The van der Waals surface area contributed by atoms with E-state index in [1.54, 1.807) is 0 Å². The summed E-state index contributed by atoms with van der Waals surface area (Å²) in [5.74, 6) is 0.995. The van der Waals surface area contributed by atoms with Crippen LogP contribution in [-0.4, -0.2) is 5.75 Å². The second-order valence-corrected chi connectivity index (χ2v) is 3.46. The maximum absolute atomic E-state index is 4.32. The zero-order valence-electron chi connectivity index (χ0n) is 6.15. The number of hydrogen-bond donors (Lipinski definition) is 1. The van der Waals surface area contributed by atoms with Gasteiger partial charge in [0.1, 0.15) is 0 Å². The Morgan fingerprint density at radius 2 is 2.44 bits per heavy atom. The van der Waals surface area contributed by atoms with Crippen molar-refractivity contribution in [1.82, 2.24) is 0 Å². The van der Waals surface area contributed by atoms with Crippen molar-refractivity contribution in [3.8, 4) is 0 Å². The molecule has 0 aliphatic heterocycles. The molecule has 0 fully saturated rings. The Morgan fingerprint density at radius 1 is 1.78 bits per heavy atom. The zero-order chi connectivity index (χ0) is 6.91. The van der Waals surface area contributed by atoms with Crippen molar-refractivity contribution in [2.45, 2.75) is 26.7 Å². The van der Waals surface area contributed by atoms with Crippen LogP contribution < -0.4 is 0 Å². The van der Waals surface area contributed by atoms with E-state index in [0.717, 1.165) is 5.75 Å². The molecule has 0 nitrogen and oxygen atoms in total. The average Bonchev–Trinajstić information content (AvgIpc) is 2.15. The molecule has 1 unspecified atom stereocenters. The molecule has 0 aromatic carbocycles. The van der Waals surface area contributed by atoms with Crippen LogP contribution in [0.15, 0.2) is 11.6 Å². The van der Waals surface area contributed by atoms with Crippen molar-refractivity contribution in [2.75, 3.05) is 5.75 Å². The summed E-state index contributed by atoms with van der Waals surface area (Å²) in [6.07, 6.45) is 4.88. The Kier molecular flexibility index (Phi) is 1.90. The Balaban J connectivity index is 2.70. The van der Waals surface area contributed by atoms with Crippen LogP contribution in [0, 0.1) is 5.41 Å². The molecule has 0 heterocycles. The minimum absolute atomic E-state index is 0.420. The smallest absolute Gasteiger partial charge is 0.000643 e. The fourth-order valence-electron chi connectivity index (χ4n) is 1.25. The second-order valence-electron chi connectivity index (χ2n) is 3.14. The summed E-state index contributed by atoms with van der Waals surface area (Å²) >= 11 is 4.32. The largest absolute Gasteiger partial charge is 0.178 e. The van der Waals surface area contributed by atoms with Crippen LogP contribution in [0.3, 0.4) is 0 Å². The summed E-state index contributed by atoms with van der Waals surface area (Å²) in [6, 6.07) is 0. The Hall–Kier alpha value is 0.0900. The Labute approximate surface area is 62.8 Å². The van der Waals surface area contributed by atoms with Gasteiger partial charge in [-0.2, -0.15) is 12.6 Å². The lowest BCUT2D eigenvalue weighted by atomic mass is 9.87. The predicted octanol–water partition coefficient (Wildman–Crippen LogP) is 2.66. The highest BCUT2D eigenvalue weighted by Crippen LogP contribution is 2.38. The van der Waals surface area contributed by atoms with Gasteiger partial charge in [-0.25, -0.2) is 0 Å². The highest BCUT2D eigenvalue weighted by Gasteiger charge is 2.27. The summed E-state index contributed by atoms with van der Waals surface area (Å²) in [5.41, 5.74) is 1.95. The molecule has 0 saturated heterocycles. The van der Waals surface area contributed by atoms with Gasteiger partial charge in [-0.1, -0.05) is 18.6 Å². The topological polar surface area (TPSA) is 0 Å². The molecule has 52 valence electrons. The SMILES string of the molecule is CC1=CCCC1(C)CS. The maximum Gasteiger partial charge on any atom is -0.000643 e. The Morgan fingerprint density at radius 3 is 2.67 bits per heavy atom. The molecule has 0 N–H and O–H groups in total. The molecular formula is C8H14S. The lowest BCUT2D eigenvalue weighted by molar-refractivity contribution is 0.454. The van der Waals surface area contributed by atoms with E-state index in [0.29, 0.717) is 5.41 Å². The van der Waals surface area contributed by atoms with E-state index in [9.17, 15) is 0 Å². The monoisotopic (exact) mass is 142 g/mol. The normalized spacial score (nSPS) is 34.8. The first-order valence-corrected chi connectivity index (χ1v) is 4.10. The molecule has 0 aromatic rings. The molecule has 0 aromatic heterocycles. The fourth-order valence-corrected chi connectivity index (χ4v) is 1.66. The molecule has 0 bridgehead atoms. The molecule has 9 heavy (non-hydrogen) atoms. The van der Waals surface area contributed by atoms with E-state index in [2.05, 4.69) is 32.6 Å². The van der Waals surface area contributed by atoms with Gasteiger partial charge in [0.15, 0.2) is 0 Å². The molecular weight excluding hydrogens is 128 g/mol. The van der Waals surface area contributed by atoms with Crippen LogP contribution >= 0.6 is 12.6 Å². The maximum atomic E-state index is 4.32. The van der Waals surface area contributed by atoms with E-state index in [4.69, 9.17) is 0 Å². The van der Waals surface area contributed by atoms with Crippen molar-refractivity contribution >= 4 is 12.6 Å². The lowest BCUT2D eigenvalue weighted by Gasteiger charge is -2.22. The first-order valence-electron chi connectivity index (χ1n) is 3.47. The Bertz CT molecular complexity index is 138. The van der Waals surface area contributed by atoms with Gasteiger partial charge in [-0.05, 0) is 30.9 Å². The number of hydrogen-bond acceptors (Lipinski definition) is 1. The van der Waals surface area contributed by atoms with Crippen LogP contribution in [0.5, 0.6) is 0 Å². The molecule has 1 aliphatic carbocycles. The van der Waals surface area contributed by atoms with Crippen molar-refractivity contribution < 1.29 is 0 Å². The lowest BCUT2D eigenvalue weighted by Crippen LogP contribution is -2.15. The van der Waals surface area contributed by atoms with Gasteiger partial charge in [-0.15, -0.1) is 0 Å². The summed E-state index contributed by atoms with van der Waals surface area (Å²) in [4.78, 5) is 0.